The van der Waals surface area contributed by atoms with Crippen molar-refractivity contribution >= 4 is 52.1 Å². The van der Waals surface area contributed by atoms with Gasteiger partial charge in [-0.2, -0.15) is 0 Å². The molecule has 2 aromatic rings. The molecule has 6 heteroatoms. The smallest absolute Gasteiger partial charge is 0.257 e. The summed E-state index contributed by atoms with van der Waals surface area (Å²) in [5.41, 5.74) is 6.80. The molecule has 0 aliphatic heterocycles. The van der Waals surface area contributed by atoms with E-state index in [1.807, 2.05) is 0 Å². The highest BCUT2D eigenvalue weighted by Gasteiger charge is 2.14. The molecule has 3 N–H and O–H groups in total. The topological polar surface area (TPSA) is 55.1 Å². The van der Waals surface area contributed by atoms with Crippen molar-refractivity contribution in [1.29, 1.82) is 0 Å². The number of hydrogen-bond donors (Lipinski definition) is 2. The second kappa shape index (κ2) is 5.70. The molecule has 0 bridgehead atoms. The van der Waals surface area contributed by atoms with Crippen molar-refractivity contribution in [3.63, 3.8) is 0 Å². The average Bonchev–Trinajstić information content (AvgIpc) is 2.33. The van der Waals surface area contributed by atoms with Gasteiger partial charge in [0.2, 0.25) is 0 Å². The Morgan fingerprint density at radius 1 is 1.05 bits per heavy atom. The molecule has 0 unspecified atom stereocenters. The van der Waals surface area contributed by atoms with Crippen LogP contribution in [0.2, 0.25) is 15.1 Å². The van der Waals surface area contributed by atoms with Crippen molar-refractivity contribution in [2.45, 2.75) is 0 Å². The van der Waals surface area contributed by atoms with Crippen LogP contribution in [0.3, 0.4) is 0 Å². The van der Waals surface area contributed by atoms with Gasteiger partial charge in [0.05, 0.1) is 27.0 Å². The van der Waals surface area contributed by atoms with Gasteiger partial charge in [0.15, 0.2) is 0 Å². The number of hydrogen-bond acceptors (Lipinski definition) is 2. The lowest BCUT2D eigenvalue weighted by Crippen LogP contribution is -2.14. The molecule has 0 fully saturated rings. The van der Waals surface area contributed by atoms with E-state index in [4.69, 9.17) is 40.5 Å². The van der Waals surface area contributed by atoms with Crippen LogP contribution < -0.4 is 11.1 Å². The molecule has 2 aromatic carbocycles. The third kappa shape index (κ3) is 3.13. The van der Waals surface area contributed by atoms with Crippen LogP contribution >= 0.6 is 34.8 Å². The average molecular weight is 316 g/mol. The molecule has 0 saturated carbocycles. The van der Waals surface area contributed by atoms with E-state index in [1.54, 1.807) is 24.3 Å². The van der Waals surface area contributed by atoms with Crippen LogP contribution in [0.1, 0.15) is 10.4 Å². The summed E-state index contributed by atoms with van der Waals surface area (Å²) in [5.74, 6) is -0.401. The lowest BCUT2D eigenvalue weighted by atomic mass is 10.2. The summed E-state index contributed by atoms with van der Waals surface area (Å²) < 4.78 is 0. The molecular weight excluding hydrogens is 307 g/mol. The molecule has 19 heavy (non-hydrogen) atoms. The fourth-order valence-electron chi connectivity index (χ4n) is 1.53. The van der Waals surface area contributed by atoms with Crippen LogP contribution in [0, 0.1) is 0 Å². The van der Waals surface area contributed by atoms with E-state index >= 15 is 0 Å². The zero-order valence-corrected chi connectivity index (χ0v) is 11.9. The SMILES string of the molecule is Nc1cccc(Cl)c1NC(=O)c1ccc(Cl)cc1Cl. The third-order valence-corrected chi connectivity index (χ3v) is 3.32. The number of nitrogens with two attached hydrogens (primary N) is 1. The Labute approximate surface area is 125 Å². The summed E-state index contributed by atoms with van der Waals surface area (Å²) in [7, 11) is 0. The van der Waals surface area contributed by atoms with Crippen LogP contribution in [0.4, 0.5) is 11.4 Å². The van der Waals surface area contributed by atoms with E-state index in [9.17, 15) is 4.79 Å². The van der Waals surface area contributed by atoms with Gasteiger partial charge in [0.25, 0.3) is 5.91 Å². The Morgan fingerprint density at radius 2 is 1.79 bits per heavy atom. The van der Waals surface area contributed by atoms with E-state index in [0.717, 1.165) is 0 Å². The number of nitrogens with one attached hydrogen (secondary N) is 1. The Kier molecular flexibility index (Phi) is 4.20. The van der Waals surface area contributed by atoms with Gasteiger partial charge in [-0.25, -0.2) is 0 Å². The van der Waals surface area contributed by atoms with Crippen LogP contribution in [-0.2, 0) is 0 Å². The van der Waals surface area contributed by atoms with Gasteiger partial charge in [-0.05, 0) is 30.3 Å². The highest BCUT2D eigenvalue weighted by molar-refractivity contribution is 6.38. The first-order valence-corrected chi connectivity index (χ1v) is 6.43. The molecule has 0 aliphatic rings. The number of anilines is 2. The highest BCUT2D eigenvalue weighted by Crippen LogP contribution is 2.29. The fourth-order valence-corrected chi connectivity index (χ4v) is 2.25. The first-order chi connectivity index (χ1) is 8.99. The summed E-state index contributed by atoms with van der Waals surface area (Å²) in [6.07, 6.45) is 0. The number of nitrogen functional groups attached to an aromatic ring is 1. The molecule has 1 amide bonds. The quantitative estimate of drug-likeness (QED) is 0.803. The van der Waals surface area contributed by atoms with E-state index in [2.05, 4.69) is 5.32 Å². The first kappa shape index (κ1) is 14.0. The number of rotatable bonds is 2. The Morgan fingerprint density at radius 3 is 2.42 bits per heavy atom. The number of carbonyl (C=O) groups is 1. The van der Waals surface area contributed by atoms with E-state index in [-0.39, 0.29) is 5.02 Å². The van der Waals surface area contributed by atoms with Crippen LogP contribution in [0.5, 0.6) is 0 Å². The van der Waals surface area contributed by atoms with Crippen molar-refractivity contribution in [3.8, 4) is 0 Å². The van der Waals surface area contributed by atoms with E-state index in [0.29, 0.717) is 27.0 Å². The van der Waals surface area contributed by atoms with Gasteiger partial charge >= 0.3 is 0 Å². The Hall–Kier alpha value is -1.42. The van der Waals surface area contributed by atoms with E-state index < -0.39 is 5.91 Å². The van der Waals surface area contributed by atoms with Gasteiger partial charge in [0, 0.05) is 5.02 Å². The van der Waals surface area contributed by atoms with E-state index in [1.165, 1.54) is 12.1 Å². The molecule has 0 saturated heterocycles. The molecule has 2 rings (SSSR count). The number of benzene rings is 2. The maximum atomic E-state index is 12.1. The van der Waals surface area contributed by atoms with Crippen LogP contribution in [-0.4, -0.2) is 5.91 Å². The van der Waals surface area contributed by atoms with Crippen molar-refractivity contribution in [1.82, 2.24) is 0 Å². The molecule has 98 valence electrons. The third-order valence-electron chi connectivity index (χ3n) is 2.46. The lowest BCUT2D eigenvalue weighted by Gasteiger charge is -2.10. The summed E-state index contributed by atoms with van der Waals surface area (Å²) in [4.78, 5) is 12.1. The fraction of sp³-hybridized carbons (Fsp3) is 0. The Bertz CT molecular complexity index is 624. The lowest BCUT2D eigenvalue weighted by molar-refractivity contribution is 0.102. The van der Waals surface area contributed by atoms with Crippen molar-refractivity contribution in [2.75, 3.05) is 11.1 Å². The molecule has 0 aromatic heterocycles. The normalized spacial score (nSPS) is 10.3. The minimum atomic E-state index is -0.401. The van der Waals surface area contributed by atoms with Gasteiger partial charge in [-0.1, -0.05) is 40.9 Å². The number of carbonyl (C=O) groups excluding carboxylic acids is 1. The Balaban J connectivity index is 2.31. The number of halogens is 3. The molecule has 0 radical (unpaired) electrons. The van der Waals surface area contributed by atoms with Gasteiger partial charge in [-0.15, -0.1) is 0 Å². The zero-order valence-electron chi connectivity index (χ0n) is 9.58. The summed E-state index contributed by atoms with van der Waals surface area (Å²) in [5, 5.41) is 3.71. The summed E-state index contributed by atoms with van der Waals surface area (Å²) in [6, 6.07) is 9.59. The molecule has 0 spiro atoms. The number of para-hydroxylation sites is 1. The molecular formula is C13H9Cl3N2O. The van der Waals surface area contributed by atoms with Gasteiger partial charge in [0.1, 0.15) is 0 Å². The predicted molar refractivity (Wildman–Crippen MR) is 80.3 cm³/mol. The molecule has 3 nitrogen and oxygen atoms in total. The molecule has 0 atom stereocenters. The molecule has 0 heterocycles. The first-order valence-electron chi connectivity index (χ1n) is 5.29. The maximum Gasteiger partial charge on any atom is 0.257 e. The van der Waals surface area contributed by atoms with Gasteiger partial charge < -0.3 is 11.1 Å². The molecule has 0 aliphatic carbocycles. The minimum Gasteiger partial charge on any atom is -0.397 e. The largest absolute Gasteiger partial charge is 0.397 e. The minimum absolute atomic E-state index is 0.260. The maximum absolute atomic E-state index is 12.1. The van der Waals surface area contributed by atoms with Gasteiger partial charge in [-0.3, -0.25) is 4.79 Å². The van der Waals surface area contributed by atoms with Crippen molar-refractivity contribution in [2.24, 2.45) is 0 Å². The summed E-state index contributed by atoms with van der Waals surface area (Å²) in [6.45, 7) is 0. The number of amides is 1. The standard InChI is InChI=1S/C13H9Cl3N2O/c14-7-4-5-8(10(16)6-7)13(19)18-12-9(15)2-1-3-11(12)17/h1-6H,17H2,(H,18,19). The second-order valence-corrected chi connectivity index (χ2v) is 5.03. The van der Waals surface area contributed by atoms with Crippen molar-refractivity contribution in [3.05, 3.63) is 57.0 Å². The monoisotopic (exact) mass is 314 g/mol. The van der Waals surface area contributed by atoms with Crippen LogP contribution in [0.25, 0.3) is 0 Å². The second-order valence-electron chi connectivity index (χ2n) is 3.78. The summed E-state index contributed by atoms with van der Waals surface area (Å²) >= 11 is 17.7. The highest BCUT2D eigenvalue weighted by atomic mass is 35.5. The van der Waals surface area contributed by atoms with Crippen LogP contribution in [0.15, 0.2) is 36.4 Å². The predicted octanol–water partition coefficient (Wildman–Crippen LogP) is 4.48. The zero-order chi connectivity index (χ0) is 14.0. The van der Waals surface area contributed by atoms with Crippen molar-refractivity contribution < 1.29 is 4.79 Å².